The Hall–Kier alpha value is -3.63. The molecule has 2 aliphatic heterocycles. The van der Waals surface area contributed by atoms with Crippen LogP contribution in [0.4, 0.5) is 4.79 Å². The third-order valence-corrected chi connectivity index (χ3v) is 8.78. The monoisotopic (exact) mass is 597 g/mol. The zero-order valence-corrected chi connectivity index (χ0v) is 26.3. The molecule has 43 heavy (non-hydrogen) atoms. The Balaban J connectivity index is 1.52. The fourth-order valence-corrected chi connectivity index (χ4v) is 6.51. The molecule has 5 amide bonds. The predicted octanol–water partition coefficient (Wildman–Crippen LogP) is 2.97. The highest BCUT2D eigenvalue weighted by Crippen LogP contribution is 2.34. The molecule has 0 aromatic heterocycles. The summed E-state index contributed by atoms with van der Waals surface area (Å²) in [5.41, 5.74) is 1.63. The number of aryl methyl sites for hydroxylation is 1. The summed E-state index contributed by atoms with van der Waals surface area (Å²) in [5, 5.41) is 8.99. The van der Waals surface area contributed by atoms with Gasteiger partial charge in [0, 0.05) is 26.1 Å². The van der Waals surface area contributed by atoms with E-state index in [-0.39, 0.29) is 42.3 Å². The lowest BCUT2D eigenvalue weighted by Crippen LogP contribution is -2.60. The second kappa shape index (κ2) is 13.3. The quantitative estimate of drug-likeness (QED) is 0.461. The van der Waals surface area contributed by atoms with Crippen molar-refractivity contribution in [1.29, 1.82) is 0 Å². The average molecular weight is 598 g/mol. The van der Waals surface area contributed by atoms with Crippen LogP contribution in [0.5, 0.6) is 0 Å². The van der Waals surface area contributed by atoms with Gasteiger partial charge in [-0.05, 0) is 90.2 Å². The van der Waals surface area contributed by atoms with Gasteiger partial charge in [0.25, 0.3) is 0 Å². The molecule has 11 heteroatoms. The van der Waals surface area contributed by atoms with Crippen LogP contribution < -0.4 is 16.0 Å². The third-order valence-electron chi connectivity index (χ3n) is 8.78. The van der Waals surface area contributed by atoms with Crippen LogP contribution in [0, 0.1) is 0 Å². The van der Waals surface area contributed by atoms with Gasteiger partial charge in [-0.1, -0.05) is 24.3 Å². The topological polar surface area (TPSA) is 137 Å². The van der Waals surface area contributed by atoms with E-state index in [0.29, 0.717) is 25.7 Å². The molecule has 0 bridgehead atoms. The molecule has 1 aliphatic carbocycles. The van der Waals surface area contributed by atoms with E-state index in [9.17, 15) is 24.0 Å². The fourth-order valence-electron chi connectivity index (χ4n) is 6.51. The zero-order valence-electron chi connectivity index (χ0n) is 26.3. The maximum Gasteiger partial charge on any atom is 0.410 e. The molecule has 0 radical (unpaired) electrons. The highest BCUT2D eigenvalue weighted by Gasteiger charge is 2.46. The van der Waals surface area contributed by atoms with Gasteiger partial charge in [0.1, 0.15) is 23.7 Å². The molecule has 4 rings (SSSR count). The summed E-state index contributed by atoms with van der Waals surface area (Å²) in [6, 6.07) is 4.99. The van der Waals surface area contributed by atoms with Crippen LogP contribution in [0.25, 0.3) is 0 Å². The summed E-state index contributed by atoms with van der Waals surface area (Å²) >= 11 is 0. The van der Waals surface area contributed by atoms with Crippen molar-refractivity contribution < 1.29 is 28.7 Å². The Morgan fingerprint density at radius 2 is 1.67 bits per heavy atom. The van der Waals surface area contributed by atoms with Gasteiger partial charge < -0.3 is 25.6 Å². The number of hydrogen-bond acceptors (Lipinski definition) is 6. The van der Waals surface area contributed by atoms with Gasteiger partial charge in [0.2, 0.25) is 23.6 Å². The number of nitrogens with one attached hydrogen (secondary N) is 3. The van der Waals surface area contributed by atoms with Gasteiger partial charge in [-0.25, -0.2) is 4.79 Å². The Bertz CT molecular complexity index is 1230. The number of carbonyl (C=O) groups is 5. The van der Waals surface area contributed by atoms with E-state index in [1.807, 2.05) is 12.1 Å². The van der Waals surface area contributed by atoms with E-state index >= 15 is 0 Å². The minimum atomic E-state index is -0.981. The van der Waals surface area contributed by atoms with Crippen molar-refractivity contribution in [2.45, 2.75) is 128 Å². The Morgan fingerprint density at radius 3 is 2.37 bits per heavy atom. The molecule has 6 atom stereocenters. The van der Waals surface area contributed by atoms with E-state index in [1.165, 1.54) is 24.4 Å². The predicted molar refractivity (Wildman–Crippen MR) is 161 cm³/mol. The van der Waals surface area contributed by atoms with Gasteiger partial charge in [-0.15, -0.1) is 0 Å². The van der Waals surface area contributed by atoms with Crippen molar-refractivity contribution in [3.63, 3.8) is 0 Å². The normalized spacial score (nSPS) is 26.1. The number of carbonyl (C=O) groups excluding carboxylic acids is 5. The summed E-state index contributed by atoms with van der Waals surface area (Å²) < 4.78 is 5.40. The molecule has 2 heterocycles. The van der Waals surface area contributed by atoms with Gasteiger partial charge >= 0.3 is 6.09 Å². The molecule has 3 N–H and O–H groups in total. The summed E-state index contributed by atoms with van der Waals surface area (Å²) in [5.74, 6) is -1.26. The first-order valence-corrected chi connectivity index (χ1v) is 15.5. The number of nitrogens with zero attached hydrogens (tertiary/aromatic N) is 2. The van der Waals surface area contributed by atoms with Crippen LogP contribution >= 0.6 is 0 Å². The number of benzene rings is 1. The number of amides is 5. The van der Waals surface area contributed by atoms with Crippen molar-refractivity contribution >= 4 is 29.7 Å². The summed E-state index contributed by atoms with van der Waals surface area (Å²) in [6.07, 6.45) is 4.77. The van der Waals surface area contributed by atoms with Crippen molar-refractivity contribution in [2.75, 3.05) is 7.05 Å². The standard InChI is InChI=1S/C32H47N5O6/c1-19(36(6)31(42)43-32(3,4)5)28(39)35-26-18-22(33-20(2)38)14-15-23-16-17-27(37(23)30(26)41)29(40)34-25-13-9-11-21-10-7-8-12-24(21)25/h7-8,10,12,19,22-23,25-27H,9,11,13-18H2,1-6H3,(H,33,38)(H,34,40)(H,35,39)/t19-,22?,23-,25-,26-,27-/m0/s1. The molecular formula is C32H47N5O6. The first kappa shape index (κ1) is 32.3. The minimum absolute atomic E-state index is 0.106. The molecule has 11 nitrogen and oxygen atoms in total. The maximum atomic E-state index is 14.2. The summed E-state index contributed by atoms with van der Waals surface area (Å²) in [6.45, 7) is 8.22. The Labute approximate surface area is 254 Å². The van der Waals surface area contributed by atoms with Crippen molar-refractivity contribution in [3.05, 3.63) is 35.4 Å². The SMILES string of the molecule is CC(=O)NC1CC[C@H]2CC[C@@H](C(=O)N[C@H]3CCCc4ccccc43)N2C(=O)[C@@H](NC(=O)[C@H](C)N(C)C(=O)OC(C)(C)C)C1. The molecule has 0 saturated carbocycles. The lowest BCUT2D eigenvalue weighted by molar-refractivity contribution is -0.145. The number of fused-ring (bicyclic) bond motifs is 2. The lowest BCUT2D eigenvalue weighted by atomic mass is 9.87. The van der Waals surface area contributed by atoms with Crippen molar-refractivity contribution in [2.24, 2.45) is 0 Å². The van der Waals surface area contributed by atoms with E-state index in [4.69, 9.17) is 4.74 Å². The molecule has 3 aliphatic rings. The lowest BCUT2D eigenvalue weighted by Gasteiger charge is -2.38. The first-order valence-electron chi connectivity index (χ1n) is 15.5. The largest absolute Gasteiger partial charge is 0.444 e. The first-order chi connectivity index (χ1) is 20.2. The van der Waals surface area contributed by atoms with Crippen LogP contribution in [0.1, 0.15) is 96.7 Å². The zero-order chi connectivity index (χ0) is 31.5. The molecule has 1 aromatic rings. The van der Waals surface area contributed by atoms with Gasteiger partial charge in [-0.3, -0.25) is 24.1 Å². The molecule has 236 valence electrons. The molecule has 2 fully saturated rings. The van der Waals surface area contributed by atoms with Crippen LogP contribution in [0.15, 0.2) is 24.3 Å². The summed E-state index contributed by atoms with van der Waals surface area (Å²) in [4.78, 5) is 68.7. The van der Waals surface area contributed by atoms with E-state index < -0.39 is 35.7 Å². The Morgan fingerprint density at radius 1 is 0.977 bits per heavy atom. The van der Waals surface area contributed by atoms with Crippen molar-refractivity contribution in [1.82, 2.24) is 25.8 Å². The summed E-state index contributed by atoms with van der Waals surface area (Å²) in [7, 11) is 1.47. The highest BCUT2D eigenvalue weighted by atomic mass is 16.6. The number of ether oxygens (including phenoxy) is 1. The molecule has 1 aromatic carbocycles. The number of likely N-dealkylation sites (N-methyl/N-ethyl adjacent to an activating group) is 1. The molecule has 0 spiro atoms. The van der Waals surface area contributed by atoms with E-state index in [2.05, 4.69) is 28.1 Å². The van der Waals surface area contributed by atoms with Gasteiger partial charge in [-0.2, -0.15) is 0 Å². The van der Waals surface area contributed by atoms with Gasteiger partial charge in [0.05, 0.1) is 6.04 Å². The number of hydrogen-bond donors (Lipinski definition) is 3. The van der Waals surface area contributed by atoms with Crippen LogP contribution in [-0.4, -0.2) is 82.4 Å². The molecule has 2 saturated heterocycles. The number of rotatable bonds is 6. The average Bonchev–Trinajstić information content (AvgIpc) is 3.36. The van der Waals surface area contributed by atoms with Crippen LogP contribution in [-0.2, 0) is 30.3 Å². The Kier molecular flexibility index (Phi) is 10.0. The van der Waals surface area contributed by atoms with Crippen LogP contribution in [0.2, 0.25) is 0 Å². The smallest absolute Gasteiger partial charge is 0.410 e. The molecule has 1 unspecified atom stereocenters. The van der Waals surface area contributed by atoms with E-state index in [0.717, 1.165) is 24.8 Å². The second-order valence-corrected chi connectivity index (χ2v) is 13.2. The van der Waals surface area contributed by atoms with Gasteiger partial charge in [0.15, 0.2) is 0 Å². The third kappa shape index (κ3) is 7.86. The fraction of sp³-hybridized carbons (Fsp3) is 0.656. The second-order valence-electron chi connectivity index (χ2n) is 13.2. The highest BCUT2D eigenvalue weighted by molar-refractivity contribution is 5.94. The van der Waals surface area contributed by atoms with Crippen LogP contribution in [0.3, 0.4) is 0 Å². The van der Waals surface area contributed by atoms with E-state index in [1.54, 1.807) is 32.6 Å². The van der Waals surface area contributed by atoms with Crippen molar-refractivity contribution in [3.8, 4) is 0 Å². The maximum absolute atomic E-state index is 14.2. The molecular weight excluding hydrogens is 550 g/mol. The minimum Gasteiger partial charge on any atom is -0.444 e.